The summed E-state index contributed by atoms with van der Waals surface area (Å²) >= 11 is 0. The average molecular weight is 561 g/mol. The maximum Gasteiger partial charge on any atom is 0.306 e. The molecule has 0 amide bonds. The van der Waals surface area contributed by atoms with Crippen LogP contribution in [-0.2, 0) is 33.3 Å². The predicted octanol–water partition coefficient (Wildman–Crippen LogP) is 5.93. The molecule has 8 heteroatoms. The van der Waals surface area contributed by atoms with Gasteiger partial charge in [-0.3, -0.25) is 19.1 Å². The number of hydrogen-bond donors (Lipinski definition) is 1. The van der Waals surface area contributed by atoms with Crippen LogP contribution in [0.4, 0.5) is 0 Å². The van der Waals surface area contributed by atoms with Crippen molar-refractivity contribution in [3.63, 3.8) is 0 Å². The Morgan fingerprint density at radius 1 is 1.07 bits per heavy atom. The second-order valence-corrected chi connectivity index (χ2v) is 12.1. The lowest BCUT2D eigenvalue weighted by Gasteiger charge is -2.60. The maximum atomic E-state index is 12.9. The number of aliphatic hydroxyl groups is 1. The monoisotopic (exact) mass is 560 g/mol. The minimum atomic E-state index is -1.17. The van der Waals surface area contributed by atoms with E-state index in [0.717, 1.165) is 37.7 Å². The highest BCUT2D eigenvalue weighted by Crippen LogP contribution is 2.67. The summed E-state index contributed by atoms with van der Waals surface area (Å²) in [5, 5.41) is 11.8. The number of carbonyl (C=O) groups excluding carboxylic acids is 3. The van der Waals surface area contributed by atoms with E-state index in [1.165, 1.54) is 13.8 Å². The molecule has 1 N–H and O–H groups in total. The molecular formula is C32H48O8. The van der Waals surface area contributed by atoms with Crippen molar-refractivity contribution in [3.05, 3.63) is 36.0 Å². The summed E-state index contributed by atoms with van der Waals surface area (Å²) in [6.45, 7) is 14.9. The maximum absolute atomic E-state index is 12.9. The van der Waals surface area contributed by atoms with Gasteiger partial charge in [0, 0.05) is 25.8 Å². The number of ether oxygens (including phenoxy) is 4. The fourth-order valence-electron chi connectivity index (χ4n) is 6.97. The van der Waals surface area contributed by atoms with Gasteiger partial charge in [-0.2, -0.15) is 0 Å². The van der Waals surface area contributed by atoms with Gasteiger partial charge in [-0.1, -0.05) is 70.8 Å². The lowest BCUT2D eigenvalue weighted by molar-refractivity contribution is -0.254. The molecule has 8 atom stereocenters. The number of hydrogen-bond acceptors (Lipinski definition) is 8. The topological polar surface area (TPSA) is 108 Å². The van der Waals surface area contributed by atoms with Crippen molar-refractivity contribution < 1.29 is 38.4 Å². The molecule has 40 heavy (non-hydrogen) atoms. The lowest BCUT2D eigenvalue weighted by Crippen LogP contribution is -2.63. The Hall–Kier alpha value is -2.45. The number of esters is 3. The van der Waals surface area contributed by atoms with Crippen LogP contribution in [0.15, 0.2) is 36.0 Å². The first-order valence-corrected chi connectivity index (χ1v) is 14.8. The van der Waals surface area contributed by atoms with E-state index in [1.54, 1.807) is 12.2 Å². The van der Waals surface area contributed by atoms with Gasteiger partial charge in [0.25, 0.3) is 0 Å². The third kappa shape index (κ3) is 6.54. The van der Waals surface area contributed by atoms with Crippen LogP contribution in [-0.4, -0.2) is 47.8 Å². The molecule has 3 rings (SSSR count). The summed E-state index contributed by atoms with van der Waals surface area (Å²) in [7, 11) is 0. The Morgan fingerprint density at radius 3 is 2.38 bits per heavy atom. The molecule has 0 bridgehead atoms. The van der Waals surface area contributed by atoms with Gasteiger partial charge in [0.05, 0.1) is 11.5 Å². The summed E-state index contributed by atoms with van der Waals surface area (Å²) in [5.74, 6) is -1.66. The van der Waals surface area contributed by atoms with Crippen molar-refractivity contribution in [2.45, 2.75) is 124 Å². The fraction of sp³-hybridized carbons (Fsp3) is 0.719. The zero-order chi connectivity index (χ0) is 29.7. The largest absolute Gasteiger partial charge is 0.458 e. The molecule has 224 valence electrons. The number of allylic oxidation sites excluding steroid dienone is 3. The summed E-state index contributed by atoms with van der Waals surface area (Å²) in [6, 6.07) is 0. The SMILES string of the molecule is C=C/C(C)=C/C[C@@]1(C)[C@@H](C)C[C@@H](O)C23C(=C[C@H](OC(=O)CCCCCCC)C[C@@H]21)[C@H](OC(C)=O)O[C@H]3OC(C)=O. The van der Waals surface area contributed by atoms with E-state index in [4.69, 9.17) is 18.9 Å². The summed E-state index contributed by atoms with van der Waals surface area (Å²) in [4.78, 5) is 37.2. The number of unbranched alkanes of at least 4 members (excludes halogenated alkanes) is 4. The molecule has 3 aliphatic rings. The molecule has 1 saturated heterocycles. The lowest BCUT2D eigenvalue weighted by atomic mass is 9.45. The minimum absolute atomic E-state index is 0.0759. The smallest absolute Gasteiger partial charge is 0.306 e. The van der Waals surface area contributed by atoms with Crippen LogP contribution < -0.4 is 0 Å². The van der Waals surface area contributed by atoms with Crippen LogP contribution in [0, 0.1) is 22.7 Å². The molecule has 0 aromatic rings. The first-order valence-electron chi connectivity index (χ1n) is 14.8. The molecule has 8 nitrogen and oxygen atoms in total. The van der Waals surface area contributed by atoms with Crippen LogP contribution in [0.2, 0.25) is 0 Å². The van der Waals surface area contributed by atoms with Crippen molar-refractivity contribution in [1.82, 2.24) is 0 Å². The quantitative estimate of drug-likeness (QED) is 0.103. The third-order valence-corrected chi connectivity index (χ3v) is 9.35. The molecule has 0 radical (unpaired) electrons. The Balaban J connectivity index is 2.06. The van der Waals surface area contributed by atoms with Gasteiger partial charge in [-0.05, 0) is 55.9 Å². The Labute approximate surface area is 239 Å². The van der Waals surface area contributed by atoms with Crippen molar-refractivity contribution in [2.75, 3.05) is 0 Å². The van der Waals surface area contributed by atoms with Gasteiger partial charge in [-0.25, -0.2) is 0 Å². The van der Waals surface area contributed by atoms with Gasteiger partial charge < -0.3 is 19.3 Å². The molecule has 1 spiro atoms. The highest BCUT2D eigenvalue weighted by molar-refractivity contribution is 5.70. The van der Waals surface area contributed by atoms with Gasteiger partial charge >= 0.3 is 17.9 Å². The van der Waals surface area contributed by atoms with Crippen LogP contribution in [0.25, 0.3) is 0 Å². The standard InChI is InChI=1S/C32H48O8/c1-8-10-11-12-13-14-28(36)39-24-18-25-29(37-22(5)33)40-30(38-23(6)34)32(25)26(19-24)31(7,16-15-20(3)9-2)21(4)17-27(32)35/h9,15,18,21,24,26-27,29-30,35H,2,8,10-14,16-17,19H2,1,3-7H3/b20-15+/t21-,24-,26+,27+,29+,30+,31-,32?/m0/s1. The summed E-state index contributed by atoms with van der Waals surface area (Å²) in [5.41, 5.74) is -0.0311. The minimum Gasteiger partial charge on any atom is -0.458 e. The zero-order valence-electron chi connectivity index (χ0n) is 25.1. The Bertz CT molecular complexity index is 1010. The van der Waals surface area contributed by atoms with Crippen molar-refractivity contribution in [2.24, 2.45) is 22.7 Å². The molecule has 1 aliphatic heterocycles. The molecule has 0 aromatic carbocycles. The molecule has 1 unspecified atom stereocenters. The normalized spacial score (nSPS) is 35.2. The second-order valence-electron chi connectivity index (χ2n) is 12.1. The van der Waals surface area contributed by atoms with Crippen molar-refractivity contribution in [1.29, 1.82) is 0 Å². The molecule has 2 fully saturated rings. The van der Waals surface area contributed by atoms with Crippen LogP contribution >= 0.6 is 0 Å². The van der Waals surface area contributed by atoms with Crippen molar-refractivity contribution in [3.8, 4) is 0 Å². The predicted molar refractivity (Wildman–Crippen MR) is 151 cm³/mol. The average Bonchev–Trinajstić information content (AvgIpc) is 3.17. The molecular weight excluding hydrogens is 512 g/mol. The Kier molecular flexibility index (Phi) is 10.8. The first kappa shape index (κ1) is 32.1. The van der Waals surface area contributed by atoms with Crippen LogP contribution in [0.3, 0.4) is 0 Å². The van der Waals surface area contributed by atoms with E-state index in [2.05, 4.69) is 33.4 Å². The number of aliphatic hydroxyl groups excluding tert-OH is 1. The van der Waals surface area contributed by atoms with E-state index < -0.39 is 47.6 Å². The summed E-state index contributed by atoms with van der Waals surface area (Å²) in [6.07, 6.45) is 8.78. The molecule has 1 heterocycles. The molecule has 2 aliphatic carbocycles. The van der Waals surface area contributed by atoms with E-state index in [1.807, 2.05) is 6.92 Å². The second kappa shape index (κ2) is 13.5. The van der Waals surface area contributed by atoms with Crippen molar-refractivity contribution >= 4 is 17.9 Å². The van der Waals surface area contributed by atoms with Gasteiger partial charge in [-0.15, -0.1) is 0 Å². The fourth-order valence-corrected chi connectivity index (χ4v) is 6.97. The third-order valence-electron chi connectivity index (χ3n) is 9.35. The van der Waals surface area contributed by atoms with E-state index in [9.17, 15) is 19.5 Å². The van der Waals surface area contributed by atoms with Crippen LogP contribution in [0.5, 0.6) is 0 Å². The zero-order valence-corrected chi connectivity index (χ0v) is 25.1. The van der Waals surface area contributed by atoms with Gasteiger partial charge in [0.2, 0.25) is 12.6 Å². The van der Waals surface area contributed by atoms with E-state index >= 15 is 0 Å². The Morgan fingerprint density at radius 2 is 1.75 bits per heavy atom. The van der Waals surface area contributed by atoms with Gasteiger partial charge in [0.15, 0.2) is 0 Å². The van der Waals surface area contributed by atoms with E-state index in [-0.39, 0.29) is 17.8 Å². The number of rotatable bonds is 12. The number of carbonyl (C=O) groups is 3. The van der Waals surface area contributed by atoms with Crippen LogP contribution in [0.1, 0.15) is 99.3 Å². The van der Waals surface area contributed by atoms with Gasteiger partial charge in [0.1, 0.15) is 6.10 Å². The molecule has 1 saturated carbocycles. The highest BCUT2D eigenvalue weighted by Gasteiger charge is 2.71. The van der Waals surface area contributed by atoms with E-state index in [0.29, 0.717) is 31.3 Å². The summed E-state index contributed by atoms with van der Waals surface area (Å²) < 4.78 is 23.4. The highest BCUT2D eigenvalue weighted by atomic mass is 16.8. The first-order chi connectivity index (χ1) is 18.9. The molecule has 0 aromatic heterocycles.